The Morgan fingerprint density at radius 2 is 2.00 bits per heavy atom. The number of carbonyl (C=O) groups excluding carboxylic acids is 1. The van der Waals surface area contributed by atoms with Crippen LogP contribution in [0.15, 0.2) is 0 Å². The fourth-order valence-corrected chi connectivity index (χ4v) is 1.11. The predicted molar refractivity (Wildman–Crippen MR) is 66.4 cm³/mol. The molecule has 0 heterocycles. The first-order valence-corrected chi connectivity index (χ1v) is 5.90. The molecule has 0 radical (unpaired) electrons. The number of rotatable bonds is 8. The first-order chi connectivity index (χ1) is 7.37. The first kappa shape index (κ1) is 15.4. The Morgan fingerprint density at radius 3 is 2.50 bits per heavy atom. The van der Waals surface area contributed by atoms with Crippen molar-refractivity contribution in [1.82, 2.24) is 10.6 Å². The Balaban J connectivity index is 3.51. The van der Waals surface area contributed by atoms with Crippen LogP contribution in [0.4, 0.5) is 0 Å². The lowest BCUT2D eigenvalue weighted by molar-refractivity contribution is -0.120. The van der Waals surface area contributed by atoms with Crippen molar-refractivity contribution in [3.05, 3.63) is 0 Å². The highest BCUT2D eigenvalue weighted by Crippen LogP contribution is 2.04. The third-order valence-electron chi connectivity index (χ3n) is 2.43. The van der Waals surface area contributed by atoms with Crippen molar-refractivity contribution in [1.29, 1.82) is 0 Å². The highest BCUT2D eigenvalue weighted by molar-refractivity contribution is 5.77. The number of nitrogens with one attached hydrogen (secondary N) is 2. The Labute approximate surface area is 99.1 Å². The summed E-state index contributed by atoms with van der Waals surface area (Å²) in [6, 6.07) is 0. The van der Waals surface area contributed by atoms with Crippen molar-refractivity contribution < 1.29 is 9.53 Å². The van der Waals surface area contributed by atoms with Gasteiger partial charge in [0.2, 0.25) is 5.91 Å². The van der Waals surface area contributed by atoms with Crippen molar-refractivity contribution in [3.8, 4) is 0 Å². The van der Waals surface area contributed by atoms with Gasteiger partial charge in [-0.25, -0.2) is 0 Å². The summed E-state index contributed by atoms with van der Waals surface area (Å²) in [5, 5.41) is 5.95. The molecule has 96 valence electrons. The number of carbonyl (C=O) groups is 1. The molecule has 16 heavy (non-hydrogen) atoms. The van der Waals surface area contributed by atoms with Gasteiger partial charge < -0.3 is 15.4 Å². The number of hydrogen-bond acceptors (Lipinski definition) is 3. The SMILES string of the molecule is COC(C)(C)CNCC(=O)NCCC(C)C. The summed E-state index contributed by atoms with van der Waals surface area (Å²) in [6.45, 7) is 10.0. The van der Waals surface area contributed by atoms with Crippen LogP contribution >= 0.6 is 0 Å². The van der Waals surface area contributed by atoms with Gasteiger partial charge in [0.1, 0.15) is 0 Å². The summed E-state index contributed by atoms with van der Waals surface area (Å²) in [6.07, 6.45) is 1.02. The van der Waals surface area contributed by atoms with E-state index in [1.807, 2.05) is 13.8 Å². The summed E-state index contributed by atoms with van der Waals surface area (Å²) in [4.78, 5) is 11.4. The zero-order valence-electron chi connectivity index (χ0n) is 11.2. The highest BCUT2D eigenvalue weighted by atomic mass is 16.5. The van der Waals surface area contributed by atoms with E-state index in [4.69, 9.17) is 4.74 Å². The minimum Gasteiger partial charge on any atom is -0.377 e. The van der Waals surface area contributed by atoms with Gasteiger partial charge in [0.05, 0.1) is 12.1 Å². The largest absolute Gasteiger partial charge is 0.377 e. The molecule has 0 fully saturated rings. The molecule has 1 amide bonds. The molecule has 0 atom stereocenters. The van der Waals surface area contributed by atoms with E-state index >= 15 is 0 Å². The fourth-order valence-electron chi connectivity index (χ4n) is 1.11. The third-order valence-corrected chi connectivity index (χ3v) is 2.43. The number of hydrogen-bond donors (Lipinski definition) is 2. The first-order valence-electron chi connectivity index (χ1n) is 5.90. The zero-order valence-corrected chi connectivity index (χ0v) is 11.2. The third kappa shape index (κ3) is 8.68. The number of methoxy groups -OCH3 is 1. The van der Waals surface area contributed by atoms with Crippen LogP contribution in [0.3, 0.4) is 0 Å². The zero-order chi connectivity index (χ0) is 12.6. The maximum Gasteiger partial charge on any atom is 0.233 e. The molecular formula is C12H26N2O2. The summed E-state index contributed by atoms with van der Waals surface area (Å²) < 4.78 is 5.24. The molecule has 0 saturated carbocycles. The maximum absolute atomic E-state index is 11.4. The van der Waals surface area contributed by atoms with E-state index in [1.165, 1.54) is 0 Å². The minimum atomic E-state index is -0.224. The molecule has 0 aliphatic carbocycles. The van der Waals surface area contributed by atoms with E-state index in [0.717, 1.165) is 13.0 Å². The van der Waals surface area contributed by atoms with Crippen molar-refractivity contribution >= 4 is 5.91 Å². The van der Waals surface area contributed by atoms with Crippen LogP contribution in [0.5, 0.6) is 0 Å². The fraction of sp³-hybridized carbons (Fsp3) is 0.917. The monoisotopic (exact) mass is 230 g/mol. The van der Waals surface area contributed by atoms with Crippen molar-refractivity contribution in [2.24, 2.45) is 5.92 Å². The van der Waals surface area contributed by atoms with Crippen LogP contribution in [0, 0.1) is 5.92 Å². The van der Waals surface area contributed by atoms with Crippen LogP contribution in [-0.2, 0) is 9.53 Å². The molecule has 0 aliphatic heterocycles. The highest BCUT2D eigenvalue weighted by Gasteiger charge is 2.15. The summed E-state index contributed by atoms with van der Waals surface area (Å²) >= 11 is 0. The molecule has 0 aromatic carbocycles. The van der Waals surface area contributed by atoms with Crippen LogP contribution in [0.1, 0.15) is 34.1 Å². The average Bonchev–Trinajstić information content (AvgIpc) is 2.17. The summed E-state index contributed by atoms with van der Waals surface area (Å²) in [7, 11) is 1.67. The Morgan fingerprint density at radius 1 is 1.38 bits per heavy atom. The van der Waals surface area contributed by atoms with Crippen molar-refractivity contribution in [3.63, 3.8) is 0 Å². The molecule has 0 aromatic heterocycles. The second kappa shape index (κ2) is 7.63. The van der Waals surface area contributed by atoms with E-state index in [1.54, 1.807) is 7.11 Å². The molecule has 0 bridgehead atoms. The predicted octanol–water partition coefficient (Wildman–Crippen LogP) is 1.16. The van der Waals surface area contributed by atoms with Gasteiger partial charge in [0.15, 0.2) is 0 Å². The lowest BCUT2D eigenvalue weighted by Crippen LogP contribution is -2.42. The van der Waals surface area contributed by atoms with Gasteiger partial charge in [0, 0.05) is 20.2 Å². The van der Waals surface area contributed by atoms with Gasteiger partial charge in [-0.15, -0.1) is 0 Å². The molecule has 0 aromatic rings. The normalized spacial score (nSPS) is 11.9. The number of amides is 1. The van der Waals surface area contributed by atoms with Gasteiger partial charge in [-0.2, -0.15) is 0 Å². The Kier molecular flexibility index (Phi) is 7.34. The number of ether oxygens (including phenoxy) is 1. The minimum absolute atomic E-state index is 0.0487. The summed E-state index contributed by atoms with van der Waals surface area (Å²) in [5.74, 6) is 0.674. The lowest BCUT2D eigenvalue weighted by Gasteiger charge is -2.23. The van der Waals surface area contributed by atoms with Crippen LogP contribution in [0.2, 0.25) is 0 Å². The topological polar surface area (TPSA) is 50.4 Å². The van der Waals surface area contributed by atoms with Gasteiger partial charge in [-0.3, -0.25) is 4.79 Å². The molecule has 2 N–H and O–H groups in total. The smallest absolute Gasteiger partial charge is 0.233 e. The molecule has 0 saturated heterocycles. The molecule has 0 aliphatic rings. The van der Waals surface area contributed by atoms with Gasteiger partial charge in [-0.1, -0.05) is 13.8 Å². The Bertz CT molecular complexity index is 203. The lowest BCUT2D eigenvalue weighted by atomic mass is 10.1. The van der Waals surface area contributed by atoms with E-state index in [-0.39, 0.29) is 11.5 Å². The van der Waals surface area contributed by atoms with E-state index in [9.17, 15) is 4.79 Å². The standard InChI is InChI=1S/C12H26N2O2/c1-10(2)6-7-14-11(15)8-13-9-12(3,4)16-5/h10,13H,6-9H2,1-5H3,(H,14,15). The van der Waals surface area contributed by atoms with Crippen molar-refractivity contribution in [2.45, 2.75) is 39.7 Å². The van der Waals surface area contributed by atoms with E-state index in [0.29, 0.717) is 19.0 Å². The quantitative estimate of drug-likeness (QED) is 0.658. The second-order valence-electron chi connectivity index (χ2n) is 5.10. The average molecular weight is 230 g/mol. The molecule has 0 rings (SSSR count). The van der Waals surface area contributed by atoms with Gasteiger partial charge >= 0.3 is 0 Å². The second-order valence-corrected chi connectivity index (χ2v) is 5.10. The maximum atomic E-state index is 11.4. The Hall–Kier alpha value is -0.610. The summed E-state index contributed by atoms with van der Waals surface area (Å²) in [5.41, 5.74) is -0.224. The van der Waals surface area contributed by atoms with E-state index in [2.05, 4.69) is 24.5 Å². The molecule has 0 unspecified atom stereocenters. The van der Waals surface area contributed by atoms with Crippen molar-refractivity contribution in [2.75, 3.05) is 26.7 Å². The van der Waals surface area contributed by atoms with Crippen LogP contribution in [-0.4, -0.2) is 38.3 Å². The van der Waals surface area contributed by atoms with Crippen LogP contribution < -0.4 is 10.6 Å². The van der Waals surface area contributed by atoms with Crippen LogP contribution in [0.25, 0.3) is 0 Å². The molecule has 0 spiro atoms. The van der Waals surface area contributed by atoms with Gasteiger partial charge in [0.25, 0.3) is 0 Å². The van der Waals surface area contributed by atoms with E-state index < -0.39 is 0 Å². The molecule has 4 heteroatoms. The van der Waals surface area contributed by atoms with Gasteiger partial charge in [-0.05, 0) is 26.2 Å². The molecule has 4 nitrogen and oxygen atoms in total. The molecular weight excluding hydrogens is 204 g/mol.